The SMILES string of the molecule is Cc1cc(C(c2ccc(C(c3ccc(O)c(C)c3)c3ccc(O)c(C)c3)cc2)c2ccc(O)c(C)c2)ccc1O. The van der Waals surface area contributed by atoms with Crippen LogP contribution in [0.5, 0.6) is 23.0 Å². The van der Waals surface area contributed by atoms with Crippen molar-refractivity contribution in [1.82, 2.24) is 0 Å². The molecule has 5 rings (SSSR count). The lowest BCUT2D eigenvalue weighted by Gasteiger charge is -2.23. The van der Waals surface area contributed by atoms with Gasteiger partial charge in [-0.05, 0) is 108 Å². The van der Waals surface area contributed by atoms with Gasteiger partial charge in [0.05, 0.1) is 0 Å². The van der Waals surface area contributed by atoms with Gasteiger partial charge < -0.3 is 20.4 Å². The summed E-state index contributed by atoms with van der Waals surface area (Å²) in [4.78, 5) is 0. The number of hydrogen-bond acceptors (Lipinski definition) is 4. The van der Waals surface area contributed by atoms with E-state index in [2.05, 4.69) is 24.3 Å². The maximum absolute atomic E-state index is 10.2. The van der Waals surface area contributed by atoms with E-state index in [-0.39, 0.29) is 34.8 Å². The largest absolute Gasteiger partial charge is 0.508 e. The molecule has 4 heteroatoms. The summed E-state index contributed by atoms with van der Waals surface area (Å²) < 4.78 is 0. The van der Waals surface area contributed by atoms with Gasteiger partial charge in [-0.25, -0.2) is 0 Å². The van der Waals surface area contributed by atoms with Crippen molar-refractivity contribution in [2.45, 2.75) is 39.5 Å². The van der Waals surface area contributed by atoms with Crippen molar-refractivity contribution in [2.24, 2.45) is 0 Å². The predicted molar refractivity (Wildman–Crippen MR) is 160 cm³/mol. The molecular weight excluding hydrogens is 496 g/mol. The van der Waals surface area contributed by atoms with Crippen molar-refractivity contribution < 1.29 is 20.4 Å². The molecule has 0 aliphatic heterocycles. The Labute approximate surface area is 235 Å². The summed E-state index contributed by atoms with van der Waals surface area (Å²) in [6, 6.07) is 31.3. The summed E-state index contributed by atoms with van der Waals surface area (Å²) in [6.07, 6.45) is 0. The van der Waals surface area contributed by atoms with E-state index in [1.807, 2.05) is 76.2 Å². The van der Waals surface area contributed by atoms with Crippen LogP contribution in [0.2, 0.25) is 0 Å². The Morgan fingerprint density at radius 1 is 0.325 bits per heavy atom. The van der Waals surface area contributed by atoms with Crippen molar-refractivity contribution in [1.29, 1.82) is 0 Å². The highest BCUT2D eigenvalue weighted by atomic mass is 16.3. The highest BCUT2D eigenvalue weighted by molar-refractivity contribution is 5.52. The molecule has 5 aromatic carbocycles. The average Bonchev–Trinajstić information content (AvgIpc) is 2.93. The zero-order valence-electron chi connectivity index (χ0n) is 23.2. The summed E-state index contributed by atoms with van der Waals surface area (Å²) in [5.41, 5.74) is 9.59. The van der Waals surface area contributed by atoms with Crippen LogP contribution in [-0.4, -0.2) is 20.4 Å². The minimum absolute atomic E-state index is 0.0991. The Morgan fingerprint density at radius 3 is 0.725 bits per heavy atom. The van der Waals surface area contributed by atoms with Crippen LogP contribution < -0.4 is 0 Å². The number of rotatable bonds is 6. The first-order valence-electron chi connectivity index (χ1n) is 13.4. The normalized spacial score (nSPS) is 11.3. The Balaban J connectivity index is 1.63. The molecule has 0 atom stereocenters. The molecule has 4 N–H and O–H groups in total. The predicted octanol–water partition coefficient (Wildman–Crippen LogP) is 8.10. The Morgan fingerprint density at radius 2 is 0.525 bits per heavy atom. The maximum atomic E-state index is 10.2. The van der Waals surface area contributed by atoms with Gasteiger partial charge in [0, 0.05) is 11.8 Å². The summed E-state index contributed by atoms with van der Waals surface area (Å²) in [5, 5.41) is 40.7. The molecule has 0 saturated carbocycles. The van der Waals surface area contributed by atoms with Crippen LogP contribution in [0, 0.1) is 27.7 Å². The van der Waals surface area contributed by atoms with Crippen LogP contribution in [0.1, 0.15) is 67.5 Å². The van der Waals surface area contributed by atoms with Gasteiger partial charge in [-0.15, -0.1) is 0 Å². The first kappa shape index (κ1) is 26.9. The van der Waals surface area contributed by atoms with Crippen LogP contribution in [-0.2, 0) is 0 Å². The van der Waals surface area contributed by atoms with Gasteiger partial charge in [0.1, 0.15) is 23.0 Å². The van der Waals surface area contributed by atoms with E-state index in [4.69, 9.17) is 0 Å². The second-order valence-electron chi connectivity index (χ2n) is 10.7. The third-order valence-electron chi connectivity index (χ3n) is 7.82. The van der Waals surface area contributed by atoms with E-state index in [0.717, 1.165) is 55.6 Å². The fourth-order valence-electron chi connectivity index (χ4n) is 5.47. The number of benzene rings is 5. The standard InChI is InChI=1S/C36H34O4/c1-21-17-27(9-13-31(21)37)35(28-10-14-32(38)22(2)18-28)25-5-7-26(8-6-25)36(29-11-15-33(39)23(3)19-29)30-12-16-34(40)24(4)20-30/h5-20,35-40H,1-4H3. The summed E-state index contributed by atoms with van der Waals surface area (Å²) in [6.45, 7) is 7.58. The van der Waals surface area contributed by atoms with E-state index in [0.29, 0.717) is 0 Å². The van der Waals surface area contributed by atoms with Gasteiger partial charge in [-0.3, -0.25) is 0 Å². The summed E-state index contributed by atoms with van der Waals surface area (Å²) in [7, 11) is 0. The quantitative estimate of drug-likeness (QED) is 0.167. The second kappa shape index (κ2) is 10.8. The lowest BCUT2D eigenvalue weighted by molar-refractivity contribution is 0.470. The molecule has 0 saturated heterocycles. The van der Waals surface area contributed by atoms with E-state index >= 15 is 0 Å². The molecule has 0 unspecified atom stereocenters. The molecule has 0 aliphatic carbocycles. The van der Waals surface area contributed by atoms with Gasteiger partial charge >= 0.3 is 0 Å². The summed E-state index contributed by atoms with van der Waals surface area (Å²) in [5.74, 6) is 0.842. The molecule has 0 aliphatic rings. The maximum Gasteiger partial charge on any atom is 0.118 e. The smallest absolute Gasteiger partial charge is 0.118 e. The van der Waals surface area contributed by atoms with E-state index in [9.17, 15) is 20.4 Å². The van der Waals surface area contributed by atoms with Crippen LogP contribution in [0.15, 0.2) is 97.1 Å². The number of aryl methyl sites for hydroxylation is 4. The van der Waals surface area contributed by atoms with Crippen molar-refractivity contribution in [2.75, 3.05) is 0 Å². The highest BCUT2D eigenvalue weighted by Gasteiger charge is 2.22. The lowest BCUT2D eigenvalue weighted by atomic mass is 9.80. The van der Waals surface area contributed by atoms with Crippen molar-refractivity contribution in [3.8, 4) is 23.0 Å². The number of phenolic OH excluding ortho intramolecular Hbond substituents is 4. The molecule has 202 valence electrons. The van der Waals surface area contributed by atoms with Gasteiger partial charge in [-0.2, -0.15) is 0 Å². The molecule has 0 spiro atoms. The Hall–Kier alpha value is -4.70. The van der Waals surface area contributed by atoms with Crippen LogP contribution in [0.3, 0.4) is 0 Å². The number of aromatic hydroxyl groups is 4. The zero-order chi connectivity index (χ0) is 28.6. The minimum Gasteiger partial charge on any atom is -0.508 e. The topological polar surface area (TPSA) is 80.9 Å². The minimum atomic E-state index is -0.0991. The molecule has 0 bridgehead atoms. The van der Waals surface area contributed by atoms with Crippen LogP contribution in [0.25, 0.3) is 0 Å². The molecule has 40 heavy (non-hydrogen) atoms. The first-order chi connectivity index (χ1) is 19.1. The molecule has 0 radical (unpaired) electrons. The highest BCUT2D eigenvalue weighted by Crippen LogP contribution is 2.39. The van der Waals surface area contributed by atoms with E-state index < -0.39 is 0 Å². The van der Waals surface area contributed by atoms with Crippen molar-refractivity contribution in [3.63, 3.8) is 0 Å². The van der Waals surface area contributed by atoms with Crippen LogP contribution in [0.4, 0.5) is 0 Å². The zero-order valence-corrected chi connectivity index (χ0v) is 23.2. The molecule has 5 aromatic rings. The number of hydrogen-bond donors (Lipinski definition) is 4. The van der Waals surface area contributed by atoms with Gasteiger partial charge in [0.2, 0.25) is 0 Å². The molecule has 0 fully saturated rings. The molecule has 0 heterocycles. The molecule has 0 aromatic heterocycles. The monoisotopic (exact) mass is 530 g/mol. The Bertz CT molecular complexity index is 1460. The fourth-order valence-corrected chi connectivity index (χ4v) is 5.47. The van der Waals surface area contributed by atoms with E-state index in [1.54, 1.807) is 24.3 Å². The molecular formula is C36H34O4. The van der Waals surface area contributed by atoms with Gasteiger partial charge in [-0.1, -0.05) is 72.8 Å². The van der Waals surface area contributed by atoms with Gasteiger partial charge in [0.15, 0.2) is 0 Å². The van der Waals surface area contributed by atoms with E-state index in [1.165, 1.54) is 0 Å². The van der Waals surface area contributed by atoms with Gasteiger partial charge in [0.25, 0.3) is 0 Å². The Kier molecular flexibility index (Phi) is 7.27. The van der Waals surface area contributed by atoms with Crippen molar-refractivity contribution in [3.05, 3.63) is 153 Å². The summed E-state index contributed by atoms with van der Waals surface area (Å²) >= 11 is 0. The van der Waals surface area contributed by atoms with Crippen LogP contribution >= 0.6 is 0 Å². The number of phenols is 4. The lowest BCUT2D eigenvalue weighted by Crippen LogP contribution is -2.07. The average molecular weight is 531 g/mol. The first-order valence-corrected chi connectivity index (χ1v) is 13.4. The molecule has 0 amide bonds. The third-order valence-corrected chi connectivity index (χ3v) is 7.82. The second-order valence-corrected chi connectivity index (χ2v) is 10.7. The molecule has 4 nitrogen and oxygen atoms in total. The van der Waals surface area contributed by atoms with Crippen molar-refractivity contribution >= 4 is 0 Å². The fraction of sp³-hybridized carbons (Fsp3) is 0.167. The third kappa shape index (κ3) is 5.26.